The van der Waals surface area contributed by atoms with Gasteiger partial charge in [0.05, 0.1) is 0 Å². The van der Waals surface area contributed by atoms with Gasteiger partial charge in [-0.1, -0.05) is 55.6 Å². The van der Waals surface area contributed by atoms with E-state index in [1.807, 2.05) is 6.07 Å². The number of nitrogens with one attached hydrogen (secondary N) is 1. The van der Waals surface area contributed by atoms with E-state index < -0.39 is 0 Å². The number of rotatable bonds is 10. The molecule has 120 valence electrons. The van der Waals surface area contributed by atoms with Crippen molar-refractivity contribution in [2.24, 2.45) is 5.41 Å². The topological polar surface area (TPSA) is 12.0 Å². The molecular formula is C18H29BrFN. The Morgan fingerprint density at radius 3 is 2.52 bits per heavy atom. The van der Waals surface area contributed by atoms with E-state index in [2.05, 4.69) is 42.0 Å². The number of unbranched alkanes of at least 4 members (excludes halogenated alkanes) is 1. The van der Waals surface area contributed by atoms with Crippen LogP contribution in [0.1, 0.15) is 58.4 Å². The second-order valence-electron chi connectivity index (χ2n) is 6.05. The molecule has 1 unspecified atom stereocenters. The summed E-state index contributed by atoms with van der Waals surface area (Å²) < 4.78 is 14.2. The summed E-state index contributed by atoms with van der Waals surface area (Å²) in [5.74, 6) is -0.176. The highest BCUT2D eigenvalue weighted by molar-refractivity contribution is 9.10. The lowest BCUT2D eigenvalue weighted by Gasteiger charge is -2.34. The summed E-state index contributed by atoms with van der Waals surface area (Å²) in [5.41, 5.74) is 1.48. The highest BCUT2D eigenvalue weighted by Gasteiger charge is 2.28. The molecule has 0 bridgehead atoms. The van der Waals surface area contributed by atoms with Crippen LogP contribution in [0.5, 0.6) is 0 Å². The number of benzene rings is 1. The largest absolute Gasteiger partial charge is 0.316 e. The van der Waals surface area contributed by atoms with Crippen molar-refractivity contribution in [2.75, 3.05) is 13.1 Å². The Balaban J connectivity index is 2.87. The lowest BCUT2D eigenvalue weighted by atomic mass is 9.75. The van der Waals surface area contributed by atoms with Crippen molar-refractivity contribution in [1.82, 2.24) is 5.32 Å². The van der Waals surface area contributed by atoms with Gasteiger partial charge in [0.2, 0.25) is 0 Å². The van der Waals surface area contributed by atoms with Crippen molar-refractivity contribution >= 4 is 15.9 Å². The second-order valence-corrected chi connectivity index (χ2v) is 6.90. The molecule has 0 aliphatic heterocycles. The molecule has 1 nitrogen and oxygen atoms in total. The van der Waals surface area contributed by atoms with E-state index in [-0.39, 0.29) is 11.2 Å². The van der Waals surface area contributed by atoms with E-state index in [1.165, 1.54) is 24.8 Å². The maximum Gasteiger partial charge on any atom is 0.124 e. The van der Waals surface area contributed by atoms with Crippen molar-refractivity contribution in [3.05, 3.63) is 34.1 Å². The van der Waals surface area contributed by atoms with Gasteiger partial charge in [-0.05, 0) is 55.3 Å². The van der Waals surface area contributed by atoms with E-state index in [0.717, 1.165) is 36.8 Å². The van der Waals surface area contributed by atoms with Crippen LogP contribution < -0.4 is 5.32 Å². The first-order chi connectivity index (χ1) is 10.1. The maximum absolute atomic E-state index is 13.3. The third kappa shape index (κ3) is 6.07. The zero-order valence-electron chi connectivity index (χ0n) is 13.6. The molecule has 1 N–H and O–H groups in total. The predicted octanol–water partition coefficient (Wildman–Crippen LogP) is 5.72. The summed E-state index contributed by atoms with van der Waals surface area (Å²) in [6, 6.07) is 5.07. The lowest BCUT2D eigenvalue weighted by molar-refractivity contribution is 0.229. The average Bonchev–Trinajstić information content (AvgIpc) is 2.47. The van der Waals surface area contributed by atoms with E-state index >= 15 is 0 Å². The van der Waals surface area contributed by atoms with E-state index in [0.29, 0.717) is 0 Å². The molecule has 0 spiro atoms. The summed E-state index contributed by atoms with van der Waals surface area (Å²) in [7, 11) is 0. The third-order valence-corrected chi connectivity index (χ3v) is 5.06. The van der Waals surface area contributed by atoms with Gasteiger partial charge in [0, 0.05) is 11.0 Å². The Morgan fingerprint density at radius 1 is 1.19 bits per heavy atom. The highest BCUT2D eigenvalue weighted by Crippen LogP contribution is 2.35. The number of hydrogen-bond donors (Lipinski definition) is 1. The second kappa shape index (κ2) is 9.58. The van der Waals surface area contributed by atoms with Gasteiger partial charge in [0.25, 0.3) is 0 Å². The molecule has 0 radical (unpaired) electrons. The van der Waals surface area contributed by atoms with Crippen LogP contribution in [0.3, 0.4) is 0 Å². The normalized spacial score (nSPS) is 14.1. The SMILES string of the molecule is CCCCC(CC)(CNCCC)Cc1ccc(F)cc1Br. The molecule has 1 aromatic carbocycles. The minimum absolute atomic E-state index is 0.176. The average molecular weight is 358 g/mol. The summed E-state index contributed by atoms with van der Waals surface area (Å²) in [6.07, 6.45) is 7.00. The summed E-state index contributed by atoms with van der Waals surface area (Å²) >= 11 is 3.52. The first kappa shape index (κ1) is 18.6. The molecule has 1 atom stereocenters. The first-order valence-electron chi connectivity index (χ1n) is 8.21. The van der Waals surface area contributed by atoms with Crippen LogP contribution in [0.4, 0.5) is 4.39 Å². The lowest BCUT2D eigenvalue weighted by Crippen LogP contribution is -2.36. The molecule has 0 amide bonds. The third-order valence-electron chi connectivity index (χ3n) is 4.32. The molecule has 0 aliphatic rings. The van der Waals surface area contributed by atoms with Crippen LogP contribution >= 0.6 is 15.9 Å². The quantitative estimate of drug-likeness (QED) is 0.528. The monoisotopic (exact) mass is 357 g/mol. The molecule has 0 saturated carbocycles. The Bertz CT molecular complexity index is 422. The van der Waals surface area contributed by atoms with Gasteiger partial charge in [-0.2, -0.15) is 0 Å². The molecule has 0 saturated heterocycles. The van der Waals surface area contributed by atoms with Gasteiger partial charge in [0.1, 0.15) is 5.82 Å². The molecule has 0 heterocycles. The van der Waals surface area contributed by atoms with Crippen LogP contribution in [-0.2, 0) is 6.42 Å². The molecule has 1 rings (SSSR count). The zero-order valence-corrected chi connectivity index (χ0v) is 15.2. The van der Waals surface area contributed by atoms with Crippen molar-refractivity contribution in [3.8, 4) is 0 Å². The maximum atomic E-state index is 13.3. The predicted molar refractivity (Wildman–Crippen MR) is 93.2 cm³/mol. The summed E-state index contributed by atoms with van der Waals surface area (Å²) in [5, 5.41) is 3.60. The smallest absolute Gasteiger partial charge is 0.124 e. The van der Waals surface area contributed by atoms with Gasteiger partial charge in [-0.3, -0.25) is 0 Å². The molecule has 1 aromatic rings. The molecule has 3 heteroatoms. The fourth-order valence-corrected chi connectivity index (χ4v) is 3.31. The van der Waals surface area contributed by atoms with Crippen LogP contribution in [0.2, 0.25) is 0 Å². The van der Waals surface area contributed by atoms with E-state index in [9.17, 15) is 4.39 Å². The molecule has 0 aliphatic carbocycles. The Morgan fingerprint density at radius 2 is 1.95 bits per heavy atom. The van der Waals surface area contributed by atoms with Crippen molar-refractivity contribution < 1.29 is 4.39 Å². The number of hydrogen-bond acceptors (Lipinski definition) is 1. The Hall–Kier alpha value is -0.410. The highest BCUT2D eigenvalue weighted by atomic mass is 79.9. The molecule has 0 fully saturated rings. The minimum atomic E-state index is -0.176. The molecular weight excluding hydrogens is 329 g/mol. The van der Waals surface area contributed by atoms with Crippen molar-refractivity contribution in [2.45, 2.75) is 59.3 Å². The van der Waals surface area contributed by atoms with Crippen LogP contribution in [0.25, 0.3) is 0 Å². The zero-order chi connectivity index (χ0) is 15.7. The standard InChI is InChI=1S/C18H29BrFN/c1-4-7-10-18(6-3,14-21-11-5-2)13-15-8-9-16(20)12-17(15)19/h8-9,12,21H,4-7,10-11,13-14H2,1-3H3. The van der Waals surface area contributed by atoms with Gasteiger partial charge in [-0.25, -0.2) is 4.39 Å². The Labute approximate surface area is 137 Å². The molecule has 0 aromatic heterocycles. The van der Waals surface area contributed by atoms with Crippen LogP contribution in [-0.4, -0.2) is 13.1 Å². The summed E-state index contributed by atoms with van der Waals surface area (Å²) in [4.78, 5) is 0. The first-order valence-corrected chi connectivity index (χ1v) is 9.01. The van der Waals surface area contributed by atoms with E-state index in [1.54, 1.807) is 12.1 Å². The van der Waals surface area contributed by atoms with Gasteiger partial charge in [-0.15, -0.1) is 0 Å². The van der Waals surface area contributed by atoms with Gasteiger partial charge in [0.15, 0.2) is 0 Å². The Kier molecular flexibility index (Phi) is 8.50. The fourth-order valence-electron chi connectivity index (χ4n) is 2.82. The van der Waals surface area contributed by atoms with Crippen molar-refractivity contribution in [3.63, 3.8) is 0 Å². The van der Waals surface area contributed by atoms with Gasteiger partial charge >= 0.3 is 0 Å². The van der Waals surface area contributed by atoms with E-state index in [4.69, 9.17) is 0 Å². The molecule has 21 heavy (non-hydrogen) atoms. The fraction of sp³-hybridized carbons (Fsp3) is 0.667. The van der Waals surface area contributed by atoms with Crippen molar-refractivity contribution in [1.29, 1.82) is 0 Å². The van der Waals surface area contributed by atoms with Crippen LogP contribution in [0.15, 0.2) is 22.7 Å². The summed E-state index contributed by atoms with van der Waals surface area (Å²) in [6.45, 7) is 8.83. The van der Waals surface area contributed by atoms with Gasteiger partial charge < -0.3 is 5.32 Å². The van der Waals surface area contributed by atoms with Crippen LogP contribution in [0, 0.1) is 11.2 Å². The number of halogens is 2. The minimum Gasteiger partial charge on any atom is -0.316 e.